The SMILES string of the molecule is CC(CC#N)NCc1cnc2ccsc2c1. The molecular weight excluding hydrogens is 218 g/mol. The molecule has 0 bridgehead atoms. The maximum atomic E-state index is 8.55. The van der Waals surface area contributed by atoms with Crippen molar-refractivity contribution in [3.63, 3.8) is 0 Å². The van der Waals surface area contributed by atoms with Crippen molar-refractivity contribution in [2.75, 3.05) is 0 Å². The summed E-state index contributed by atoms with van der Waals surface area (Å²) < 4.78 is 1.22. The van der Waals surface area contributed by atoms with Crippen LogP contribution in [0.5, 0.6) is 0 Å². The second-order valence-electron chi connectivity index (χ2n) is 3.79. The minimum atomic E-state index is 0.226. The number of fused-ring (bicyclic) bond motifs is 1. The van der Waals surface area contributed by atoms with E-state index in [0.29, 0.717) is 6.42 Å². The first-order valence-corrected chi connectivity index (χ1v) is 6.10. The van der Waals surface area contributed by atoms with Crippen molar-refractivity contribution in [2.45, 2.75) is 25.9 Å². The van der Waals surface area contributed by atoms with Gasteiger partial charge in [0.1, 0.15) is 0 Å². The zero-order valence-electron chi connectivity index (χ0n) is 9.10. The molecule has 0 spiro atoms. The Labute approximate surface area is 98.7 Å². The van der Waals surface area contributed by atoms with Gasteiger partial charge in [-0.1, -0.05) is 0 Å². The fraction of sp³-hybridized carbons (Fsp3) is 0.333. The molecule has 0 amide bonds. The smallest absolute Gasteiger partial charge is 0.0809 e. The van der Waals surface area contributed by atoms with Crippen molar-refractivity contribution in [2.24, 2.45) is 0 Å². The molecule has 1 atom stereocenters. The quantitative estimate of drug-likeness (QED) is 0.880. The minimum Gasteiger partial charge on any atom is -0.309 e. The third-order valence-corrected chi connectivity index (χ3v) is 3.26. The molecule has 0 aliphatic heterocycles. The number of hydrogen-bond donors (Lipinski definition) is 1. The normalized spacial score (nSPS) is 12.5. The van der Waals surface area contributed by atoms with Gasteiger partial charge in [-0.25, -0.2) is 0 Å². The van der Waals surface area contributed by atoms with E-state index in [9.17, 15) is 0 Å². The monoisotopic (exact) mass is 231 g/mol. The highest BCUT2D eigenvalue weighted by molar-refractivity contribution is 7.17. The summed E-state index contributed by atoms with van der Waals surface area (Å²) >= 11 is 1.70. The number of aromatic nitrogens is 1. The van der Waals surface area contributed by atoms with E-state index in [4.69, 9.17) is 5.26 Å². The summed E-state index contributed by atoms with van der Waals surface area (Å²) in [4.78, 5) is 4.37. The van der Waals surface area contributed by atoms with Gasteiger partial charge in [0, 0.05) is 18.8 Å². The Hall–Kier alpha value is -1.44. The van der Waals surface area contributed by atoms with E-state index >= 15 is 0 Å². The Kier molecular flexibility index (Phi) is 3.50. The molecule has 0 aromatic carbocycles. The van der Waals surface area contributed by atoms with Crippen LogP contribution in [-0.4, -0.2) is 11.0 Å². The van der Waals surface area contributed by atoms with Gasteiger partial charge in [-0.2, -0.15) is 5.26 Å². The lowest BCUT2D eigenvalue weighted by Crippen LogP contribution is -2.24. The van der Waals surface area contributed by atoms with E-state index in [1.165, 1.54) is 10.3 Å². The van der Waals surface area contributed by atoms with Crippen molar-refractivity contribution < 1.29 is 0 Å². The lowest BCUT2D eigenvalue weighted by Gasteiger charge is -2.09. The highest BCUT2D eigenvalue weighted by atomic mass is 32.1. The lowest BCUT2D eigenvalue weighted by atomic mass is 10.2. The molecule has 2 heterocycles. The van der Waals surface area contributed by atoms with Crippen molar-refractivity contribution >= 4 is 21.6 Å². The van der Waals surface area contributed by atoms with Gasteiger partial charge in [-0.15, -0.1) is 11.3 Å². The van der Waals surface area contributed by atoms with Gasteiger partial charge >= 0.3 is 0 Å². The van der Waals surface area contributed by atoms with Crippen molar-refractivity contribution in [3.05, 3.63) is 29.3 Å². The van der Waals surface area contributed by atoms with E-state index in [2.05, 4.69) is 22.4 Å². The Morgan fingerprint density at radius 2 is 2.50 bits per heavy atom. The molecule has 2 aromatic rings. The maximum absolute atomic E-state index is 8.55. The lowest BCUT2D eigenvalue weighted by molar-refractivity contribution is 0.557. The minimum absolute atomic E-state index is 0.226. The van der Waals surface area contributed by atoms with Crippen LogP contribution >= 0.6 is 11.3 Å². The molecule has 0 radical (unpaired) electrons. The van der Waals surface area contributed by atoms with Crippen LogP contribution in [0.4, 0.5) is 0 Å². The van der Waals surface area contributed by atoms with Crippen LogP contribution in [0.25, 0.3) is 10.2 Å². The van der Waals surface area contributed by atoms with E-state index in [-0.39, 0.29) is 6.04 Å². The second-order valence-corrected chi connectivity index (χ2v) is 4.74. The Morgan fingerprint density at radius 1 is 1.62 bits per heavy atom. The third kappa shape index (κ3) is 2.57. The van der Waals surface area contributed by atoms with Crippen LogP contribution in [0, 0.1) is 11.3 Å². The van der Waals surface area contributed by atoms with Gasteiger partial charge in [0.2, 0.25) is 0 Å². The number of rotatable bonds is 4. The largest absolute Gasteiger partial charge is 0.309 e. The predicted molar refractivity (Wildman–Crippen MR) is 66.2 cm³/mol. The van der Waals surface area contributed by atoms with Gasteiger partial charge in [0.25, 0.3) is 0 Å². The third-order valence-electron chi connectivity index (χ3n) is 2.41. The molecular formula is C12H13N3S. The highest BCUT2D eigenvalue weighted by Gasteiger charge is 2.02. The van der Waals surface area contributed by atoms with Gasteiger partial charge in [0.15, 0.2) is 0 Å². The standard InChI is InChI=1S/C12H13N3S/c1-9(2-4-13)14-7-10-6-12-11(15-8-10)3-5-16-12/h3,5-6,8-9,14H,2,7H2,1H3. The summed E-state index contributed by atoms with van der Waals surface area (Å²) in [5, 5.41) is 13.9. The van der Waals surface area contributed by atoms with Crippen molar-refractivity contribution in [1.82, 2.24) is 10.3 Å². The van der Waals surface area contributed by atoms with E-state index in [1.54, 1.807) is 11.3 Å². The summed E-state index contributed by atoms with van der Waals surface area (Å²) in [5.41, 5.74) is 2.22. The Bertz CT molecular complexity index is 512. The number of nitrogens with one attached hydrogen (secondary N) is 1. The summed E-state index contributed by atoms with van der Waals surface area (Å²) in [6, 6.07) is 6.55. The molecule has 2 aromatic heterocycles. The molecule has 4 heteroatoms. The van der Waals surface area contributed by atoms with Crippen LogP contribution in [0.3, 0.4) is 0 Å². The van der Waals surface area contributed by atoms with E-state index in [0.717, 1.165) is 12.1 Å². The number of hydrogen-bond acceptors (Lipinski definition) is 4. The molecule has 0 aliphatic carbocycles. The average molecular weight is 231 g/mol. The zero-order chi connectivity index (χ0) is 11.4. The molecule has 16 heavy (non-hydrogen) atoms. The van der Waals surface area contributed by atoms with Crippen LogP contribution in [0.15, 0.2) is 23.7 Å². The highest BCUT2D eigenvalue weighted by Crippen LogP contribution is 2.19. The molecule has 82 valence electrons. The van der Waals surface area contributed by atoms with Gasteiger partial charge in [0.05, 0.1) is 22.7 Å². The fourth-order valence-electron chi connectivity index (χ4n) is 1.48. The summed E-state index contributed by atoms with van der Waals surface area (Å²) in [6.45, 7) is 2.78. The van der Waals surface area contributed by atoms with Crippen LogP contribution in [-0.2, 0) is 6.54 Å². The Balaban J connectivity index is 2.01. The number of nitriles is 1. The maximum Gasteiger partial charge on any atom is 0.0809 e. The molecule has 1 unspecified atom stereocenters. The molecule has 0 fully saturated rings. The van der Waals surface area contributed by atoms with Gasteiger partial charge < -0.3 is 5.32 Å². The number of thiophene rings is 1. The molecule has 2 rings (SSSR count). The fourth-order valence-corrected chi connectivity index (χ4v) is 2.29. The first-order chi connectivity index (χ1) is 7.79. The first kappa shape index (κ1) is 11.1. The van der Waals surface area contributed by atoms with Crippen molar-refractivity contribution in [3.8, 4) is 6.07 Å². The zero-order valence-corrected chi connectivity index (χ0v) is 9.92. The van der Waals surface area contributed by atoms with Crippen LogP contribution < -0.4 is 5.32 Å². The molecule has 1 N–H and O–H groups in total. The molecule has 0 saturated heterocycles. The van der Waals surface area contributed by atoms with E-state index in [1.807, 2.05) is 24.6 Å². The first-order valence-electron chi connectivity index (χ1n) is 5.22. The predicted octanol–water partition coefficient (Wildman–Crippen LogP) is 2.69. The van der Waals surface area contributed by atoms with Crippen LogP contribution in [0.1, 0.15) is 18.9 Å². The molecule has 3 nitrogen and oxygen atoms in total. The van der Waals surface area contributed by atoms with E-state index < -0.39 is 0 Å². The summed E-state index contributed by atoms with van der Waals surface area (Å²) in [5.74, 6) is 0. The molecule has 0 saturated carbocycles. The average Bonchev–Trinajstić information content (AvgIpc) is 2.74. The topological polar surface area (TPSA) is 48.7 Å². The van der Waals surface area contributed by atoms with Gasteiger partial charge in [-0.05, 0) is 30.0 Å². The van der Waals surface area contributed by atoms with Crippen molar-refractivity contribution in [1.29, 1.82) is 5.26 Å². The summed E-state index contributed by atoms with van der Waals surface area (Å²) in [7, 11) is 0. The van der Waals surface area contributed by atoms with Gasteiger partial charge in [-0.3, -0.25) is 4.98 Å². The van der Waals surface area contributed by atoms with Crippen LogP contribution in [0.2, 0.25) is 0 Å². The Morgan fingerprint density at radius 3 is 3.31 bits per heavy atom. The second kappa shape index (κ2) is 5.06. The molecule has 0 aliphatic rings. The number of nitrogens with zero attached hydrogens (tertiary/aromatic N) is 2. The number of pyridine rings is 1. The summed E-state index contributed by atoms with van der Waals surface area (Å²) in [6.07, 6.45) is 2.43.